The van der Waals surface area contributed by atoms with Gasteiger partial charge in [0.05, 0.1) is 0 Å². The van der Waals surface area contributed by atoms with E-state index in [-0.39, 0.29) is 17.6 Å². The first-order valence-electron chi connectivity index (χ1n) is 10.3. The highest BCUT2D eigenvalue weighted by Crippen LogP contribution is 2.33. The zero-order chi connectivity index (χ0) is 22.0. The molecule has 7 nitrogen and oxygen atoms in total. The first-order valence-corrected chi connectivity index (χ1v) is 11.1. The number of fused-ring (bicyclic) bond motifs is 1. The highest BCUT2D eigenvalue weighted by atomic mass is 79.9. The molecule has 0 radical (unpaired) electrons. The zero-order valence-corrected chi connectivity index (χ0v) is 19.1. The van der Waals surface area contributed by atoms with Crippen molar-refractivity contribution in [1.82, 2.24) is 9.88 Å². The Morgan fingerprint density at radius 1 is 1.06 bits per heavy atom. The molecule has 2 aromatic heterocycles. The Morgan fingerprint density at radius 2 is 1.81 bits per heavy atom. The number of aromatic nitrogens is 1. The number of hydrogen-bond acceptors (Lipinski definition) is 5. The molecule has 1 aliphatic carbocycles. The third-order valence-electron chi connectivity index (χ3n) is 5.82. The summed E-state index contributed by atoms with van der Waals surface area (Å²) in [6.07, 6.45) is 5.23. The lowest BCUT2D eigenvalue weighted by Gasteiger charge is -2.31. The average Bonchev–Trinajstić information content (AvgIpc) is 3.14. The van der Waals surface area contributed by atoms with E-state index in [0.717, 1.165) is 30.2 Å². The van der Waals surface area contributed by atoms with Gasteiger partial charge >= 0.3 is 0 Å². The Kier molecular flexibility index (Phi) is 6.38. The van der Waals surface area contributed by atoms with Crippen LogP contribution >= 0.6 is 15.9 Å². The molecule has 0 unspecified atom stereocenters. The van der Waals surface area contributed by atoms with Gasteiger partial charge in [0, 0.05) is 28.0 Å². The Bertz CT molecular complexity index is 1090. The van der Waals surface area contributed by atoms with E-state index in [0.29, 0.717) is 28.5 Å². The first kappa shape index (κ1) is 21.5. The molecule has 2 heterocycles. The van der Waals surface area contributed by atoms with Crippen LogP contribution in [0.5, 0.6) is 0 Å². The summed E-state index contributed by atoms with van der Waals surface area (Å²) >= 11 is 3.32. The van der Waals surface area contributed by atoms with Crippen LogP contribution in [-0.4, -0.2) is 41.8 Å². The summed E-state index contributed by atoms with van der Waals surface area (Å²) in [4.78, 5) is 32.4. The van der Waals surface area contributed by atoms with Gasteiger partial charge in [-0.2, -0.15) is 0 Å². The zero-order valence-electron chi connectivity index (χ0n) is 17.5. The minimum absolute atomic E-state index is 0.0698. The second-order valence-electron chi connectivity index (χ2n) is 8.08. The Morgan fingerprint density at radius 3 is 2.48 bits per heavy atom. The highest BCUT2D eigenvalue weighted by molar-refractivity contribution is 9.10. The topological polar surface area (TPSA) is 87.5 Å². The lowest BCUT2D eigenvalue weighted by Crippen LogP contribution is -2.35. The molecule has 0 aliphatic heterocycles. The molecule has 0 atom stereocenters. The van der Waals surface area contributed by atoms with Crippen LogP contribution in [0.25, 0.3) is 11.0 Å². The van der Waals surface area contributed by atoms with E-state index in [1.807, 2.05) is 18.2 Å². The number of carbonyl (C=O) groups excluding carboxylic acids is 2. The number of amides is 2. The predicted molar refractivity (Wildman–Crippen MR) is 124 cm³/mol. The molecule has 1 fully saturated rings. The molecule has 3 aromatic rings. The molecule has 1 aromatic carbocycles. The van der Waals surface area contributed by atoms with Crippen LogP contribution in [0.3, 0.4) is 0 Å². The van der Waals surface area contributed by atoms with Crippen LogP contribution in [0.2, 0.25) is 0 Å². The van der Waals surface area contributed by atoms with Crippen molar-refractivity contribution in [3.05, 3.63) is 52.8 Å². The highest BCUT2D eigenvalue weighted by Gasteiger charge is 2.29. The van der Waals surface area contributed by atoms with Gasteiger partial charge in [0.2, 0.25) is 11.7 Å². The molecule has 4 rings (SSSR count). The van der Waals surface area contributed by atoms with Gasteiger partial charge in [0.15, 0.2) is 0 Å². The van der Waals surface area contributed by atoms with Gasteiger partial charge in [-0.05, 0) is 80.0 Å². The van der Waals surface area contributed by atoms with Crippen molar-refractivity contribution < 1.29 is 14.0 Å². The molecule has 0 spiro atoms. The number of benzene rings is 1. The number of hydrogen-bond donors (Lipinski definition) is 2. The van der Waals surface area contributed by atoms with Gasteiger partial charge in [-0.1, -0.05) is 12.1 Å². The van der Waals surface area contributed by atoms with Gasteiger partial charge in [0.25, 0.3) is 5.91 Å². The molecule has 31 heavy (non-hydrogen) atoms. The van der Waals surface area contributed by atoms with Crippen LogP contribution < -0.4 is 10.6 Å². The van der Waals surface area contributed by atoms with Crippen molar-refractivity contribution in [2.45, 2.75) is 31.7 Å². The Hall–Kier alpha value is -2.71. The van der Waals surface area contributed by atoms with Gasteiger partial charge in [-0.25, -0.2) is 4.98 Å². The van der Waals surface area contributed by atoms with E-state index in [1.165, 1.54) is 0 Å². The number of para-hydroxylation sites is 1. The standard InChI is InChI=1S/C23H25BrN4O3/c1-28(2)16-10-7-14(8-11-16)22(29)27-20-17-5-3-4-6-18(17)31-21(20)23(30)26-19-12-9-15(24)13-25-19/h3-6,9,12-14,16H,7-8,10-11H2,1-2H3,(H,27,29)(H,25,26,30). The molecule has 0 saturated heterocycles. The van der Waals surface area contributed by atoms with Crippen LogP contribution in [0, 0.1) is 5.92 Å². The molecule has 2 amide bonds. The lowest BCUT2D eigenvalue weighted by atomic mass is 9.85. The summed E-state index contributed by atoms with van der Waals surface area (Å²) in [5.41, 5.74) is 0.952. The van der Waals surface area contributed by atoms with Crippen molar-refractivity contribution in [2.24, 2.45) is 5.92 Å². The summed E-state index contributed by atoms with van der Waals surface area (Å²) in [5, 5.41) is 6.43. The minimum Gasteiger partial charge on any atom is -0.449 e. The number of furan rings is 1. The summed E-state index contributed by atoms with van der Waals surface area (Å²) in [7, 11) is 4.15. The van der Waals surface area contributed by atoms with Crippen LogP contribution in [0.1, 0.15) is 36.2 Å². The fraction of sp³-hybridized carbons (Fsp3) is 0.348. The monoisotopic (exact) mass is 484 g/mol. The Balaban J connectivity index is 1.56. The quantitative estimate of drug-likeness (QED) is 0.537. The fourth-order valence-electron chi connectivity index (χ4n) is 4.03. The largest absolute Gasteiger partial charge is 0.449 e. The molecule has 8 heteroatoms. The van der Waals surface area contributed by atoms with E-state index >= 15 is 0 Å². The third kappa shape index (κ3) is 4.80. The molecular weight excluding hydrogens is 460 g/mol. The molecule has 0 bridgehead atoms. The molecular formula is C23H25BrN4O3. The van der Waals surface area contributed by atoms with Crippen molar-refractivity contribution >= 4 is 50.2 Å². The van der Waals surface area contributed by atoms with Crippen molar-refractivity contribution in [3.63, 3.8) is 0 Å². The number of anilines is 2. The number of nitrogens with zero attached hydrogens (tertiary/aromatic N) is 2. The summed E-state index contributed by atoms with van der Waals surface area (Å²) in [5.74, 6) is -0.139. The summed E-state index contributed by atoms with van der Waals surface area (Å²) < 4.78 is 6.63. The minimum atomic E-state index is -0.461. The number of halogens is 1. The lowest BCUT2D eigenvalue weighted by molar-refractivity contribution is -0.121. The number of rotatable bonds is 5. The van der Waals surface area contributed by atoms with Crippen LogP contribution in [-0.2, 0) is 4.79 Å². The number of carbonyl (C=O) groups is 2. The molecule has 1 saturated carbocycles. The fourth-order valence-corrected chi connectivity index (χ4v) is 4.27. The summed E-state index contributed by atoms with van der Waals surface area (Å²) in [6.45, 7) is 0. The van der Waals surface area contributed by atoms with Gasteiger partial charge in [-0.15, -0.1) is 0 Å². The maximum absolute atomic E-state index is 13.0. The molecule has 2 N–H and O–H groups in total. The molecule has 1 aliphatic rings. The van der Waals surface area contributed by atoms with E-state index in [2.05, 4.69) is 50.5 Å². The second kappa shape index (κ2) is 9.20. The Labute approximate surface area is 189 Å². The maximum atomic E-state index is 13.0. The third-order valence-corrected chi connectivity index (χ3v) is 6.29. The molecule has 162 valence electrons. The number of nitrogens with one attached hydrogen (secondary N) is 2. The van der Waals surface area contributed by atoms with Crippen LogP contribution in [0.4, 0.5) is 11.5 Å². The van der Waals surface area contributed by atoms with Gasteiger partial charge in [-0.3, -0.25) is 9.59 Å². The van der Waals surface area contributed by atoms with Crippen molar-refractivity contribution in [3.8, 4) is 0 Å². The normalized spacial score (nSPS) is 18.8. The maximum Gasteiger partial charge on any atom is 0.294 e. The van der Waals surface area contributed by atoms with Gasteiger partial charge < -0.3 is 20.0 Å². The number of pyridine rings is 1. The van der Waals surface area contributed by atoms with E-state index in [1.54, 1.807) is 24.4 Å². The second-order valence-corrected chi connectivity index (χ2v) is 8.99. The van der Waals surface area contributed by atoms with E-state index in [9.17, 15) is 9.59 Å². The van der Waals surface area contributed by atoms with Crippen molar-refractivity contribution in [2.75, 3.05) is 24.7 Å². The smallest absolute Gasteiger partial charge is 0.294 e. The average molecular weight is 485 g/mol. The summed E-state index contributed by atoms with van der Waals surface area (Å²) in [6, 6.07) is 11.3. The first-order chi connectivity index (χ1) is 14.9. The van der Waals surface area contributed by atoms with Gasteiger partial charge in [0.1, 0.15) is 17.1 Å². The predicted octanol–water partition coefficient (Wildman–Crippen LogP) is 4.90. The van der Waals surface area contributed by atoms with Crippen molar-refractivity contribution in [1.29, 1.82) is 0 Å². The van der Waals surface area contributed by atoms with Crippen LogP contribution in [0.15, 0.2) is 51.5 Å². The SMILES string of the molecule is CN(C)C1CCC(C(=O)Nc2c(C(=O)Nc3ccc(Br)cn3)oc3ccccc23)CC1. The van der Waals surface area contributed by atoms with E-state index in [4.69, 9.17) is 4.42 Å². The van der Waals surface area contributed by atoms with E-state index < -0.39 is 5.91 Å².